The van der Waals surface area contributed by atoms with Gasteiger partial charge < -0.3 is 10.3 Å². The molecule has 1 aromatic carbocycles. The van der Waals surface area contributed by atoms with E-state index in [1.54, 1.807) is 0 Å². The summed E-state index contributed by atoms with van der Waals surface area (Å²) >= 11 is 0. The summed E-state index contributed by atoms with van der Waals surface area (Å²) in [4.78, 5) is 8.80. The molecule has 5 heteroatoms. The summed E-state index contributed by atoms with van der Waals surface area (Å²) in [5.74, 6) is 1.44. The van der Waals surface area contributed by atoms with E-state index in [2.05, 4.69) is 14.5 Å². The van der Waals surface area contributed by atoms with Gasteiger partial charge in [-0.3, -0.25) is 0 Å². The molecule has 4 nitrogen and oxygen atoms in total. The molecule has 19 heavy (non-hydrogen) atoms. The molecule has 3 aromatic rings. The number of pyridine rings is 1. The van der Waals surface area contributed by atoms with Crippen molar-refractivity contribution >= 4 is 27.8 Å². The minimum atomic E-state index is 0. The molecule has 99 valence electrons. The summed E-state index contributed by atoms with van der Waals surface area (Å²) in [7, 11) is 2.00. The predicted octanol–water partition coefficient (Wildman–Crippen LogP) is 3.04. The number of rotatable bonds is 0. The van der Waals surface area contributed by atoms with Crippen LogP contribution in [0.1, 0.15) is 19.7 Å². The maximum atomic E-state index is 5.92. The van der Waals surface area contributed by atoms with Crippen LogP contribution >= 0.6 is 0 Å². The number of aryl methyl sites for hydroxylation is 2. The van der Waals surface area contributed by atoms with E-state index in [0.29, 0.717) is 5.82 Å². The van der Waals surface area contributed by atoms with Crippen molar-refractivity contribution in [1.29, 1.82) is 0 Å². The van der Waals surface area contributed by atoms with Crippen molar-refractivity contribution < 1.29 is 18.6 Å². The van der Waals surface area contributed by atoms with E-state index in [1.807, 2.05) is 52.1 Å². The first-order chi connectivity index (χ1) is 8.68. The topological polar surface area (TPSA) is 56.7 Å². The van der Waals surface area contributed by atoms with Crippen molar-refractivity contribution in [3.8, 4) is 0 Å². The van der Waals surface area contributed by atoms with Crippen molar-refractivity contribution in [2.24, 2.45) is 7.05 Å². The Balaban J connectivity index is 0.000000576. The Bertz CT molecular complexity index is 703. The summed E-state index contributed by atoms with van der Waals surface area (Å²) in [6, 6.07) is 7.98. The van der Waals surface area contributed by atoms with E-state index in [9.17, 15) is 0 Å². The first-order valence-electron chi connectivity index (χ1n) is 6.15. The molecular weight excluding hydrogens is 275 g/mol. The van der Waals surface area contributed by atoms with E-state index in [0.717, 1.165) is 27.8 Å². The second-order valence-electron chi connectivity index (χ2n) is 3.93. The van der Waals surface area contributed by atoms with Gasteiger partial charge in [0.25, 0.3) is 0 Å². The van der Waals surface area contributed by atoms with Crippen LogP contribution in [0.15, 0.2) is 24.3 Å². The molecule has 2 aromatic heterocycles. The Kier molecular flexibility index (Phi) is 4.98. The van der Waals surface area contributed by atoms with Crippen molar-refractivity contribution in [3.63, 3.8) is 0 Å². The number of hydrogen-bond acceptors (Lipinski definition) is 3. The first-order valence-corrected chi connectivity index (χ1v) is 6.15. The van der Waals surface area contributed by atoms with E-state index in [4.69, 9.17) is 5.73 Å². The summed E-state index contributed by atoms with van der Waals surface area (Å²) in [6.45, 7) is 5.97. The molecule has 0 amide bonds. The molecule has 0 aliphatic heterocycles. The largest absolute Gasteiger partial charge is 0.382 e. The van der Waals surface area contributed by atoms with Crippen LogP contribution in [-0.4, -0.2) is 14.5 Å². The molecule has 2 heterocycles. The number of nitrogen functional groups attached to an aromatic ring is 1. The van der Waals surface area contributed by atoms with Gasteiger partial charge in [0.05, 0.1) is 11.0 Å². The number of nitrogens with two attached hydrogens (primary N) is 1. The normalized spacial score (nSPS) is 9.89. The molecule has 1 radical (unpaired) electrons. The Morgan fingerprint density at radius 1 is 1.11 bits per heavy atom. The third-order valence-electron chi connectivity index (χ3n) is 2.96. The Labute approximate surface area is 124 Å². The fraction of sp³-hybridized carbons (Fsp3) is 0.286. The Morgan fingerprint density at radius 2 is 1.74 bits per heavy atom. The molecule has 0 unspecified atom stereocenters. The predicted molar refractivity (Wildman–Crippen MR) is 76.5 cm³/mol. The maximum Gasteiger partial charge on any atom is 0.152 e. The number of imidazole rings is 1. The number of hydrogen-bond donors (Lipinski definition) is 1. The molecule has 0 bridgehead atoms. The zero-order valence-electron chi connectivity index (χ0n) is 11.7. The Morgan fingerprint density at radius 3 is 2.42 bits per heavy atom. The van der Waals surface area contributed by atoms with Crippen LogP contribution in [0.4, 0.5) is 5.82 Å². The quantitative estimate of drug-likeness (QED) is 0.693. The molecular formula is C14H18N4V. The fourth-order valence-electron chi connectivity index (χ4n) is 2.05. The average Bonchev–Trinajstić information content (AvgIpc) is 2.70. The molecule has 0 fully saturated rings. The maximum absolute atomic E-state index is 5.92. The van der Waals surface area contributed by atoms with Gasteiger partial charge >= 0.3 is 0 Å². The van der Waals surface area contributed by atoms with Crippen LogP contribution in [0.25, 0.3) is 21.9 Å². The summed E-state index contributed by atoms with van der Waals surface area (Å²) in [5, 5.41) is 1.09. The molecule has 3 rings (SSSR count). The second kappa shape index (κ2) is 6.09. The van der Waals surface area contributed by atoms with Crippen LogP contribution in [0.2, 0.25) is 0 Å². The van der Waals surface area contributed by atoms with E-state index in [1.165, 1.54) is 0 Å². The second-order valence-corrected chi connectivity index (χ2v) is 3.93. The third kappa shape index (κ3) is 2.46. The number of aromatic nitrogens is 3. The molecule has 0 aliphatic rings. The average molecular weight is 293 g/mol. The summed E-state index contributed by atoms with van der Waals surface area (Å²) in [6.07, 6.45) is 0. The third-order valence-corrected chi connectivity index (χ3v) is 2.96. The SMILES string of the molecule is CC.Cc1nc2c(N)nc3ccccc3c2n1C.[V]. The molecule has 0 saturated carbocycles. The number of fused-ring (bicyclic) bond motifs is 3. The van der Waals surface area contributed by atoms with Gasteiger partial charge in [-0.1, -0.05) is 32.0 Å². The number of para-hydroxylation sites is 1. The number of nitrogens with zero attached hydrogens (tertiary/aromatic N) is 3. The molecule has 0 saturated heterocycles. The van der Waals surface area contributed by atoms with Gasteiger partial charge in [0, 0.05) is 31.0 Å². The smallest absolute Gasteiger partial charge is 0.152 e. The fourth-order valence-corrected chi connectivity index (χ4v) is 2.05. The minimum absolute atomic E-state index is 0. The van der Waals surface area contributed by atoms with E-state index >= 15 is 0 Å². The first kappa shape index (κ1) is 15.5. The monoisotopic (exact) mass is 293 g/mol. The van der Waals surface area contributed by atoms with Gasteiger partial charge in [-0.2, -0.15) is 0 Å². The molecule has 0 atom stereocenters. The van der Waals surface area contributed by atoms with Crippen LogP contribution in [0.3, 0.4) is 0 Å². The zero-order valence-corrected chi connectivity index (χ0v) is 13.1. The van der Waals surface area contributed by atoms with Crippen LogP contribution in [0, 0.1) is 6.92 Å². The zero-order chi connectivity index (χ0) is 13.3. The molecule has 0 aliphatic carbocycles. The van der Waals surface area contributed by atoms with Crippen molar-refractivity contribution in [3.05, 3.63) is 30.1 Å². The van der Waals surface area contributed by atoms with Crippen molar-refractivity contribution in [1.82, 2.24) is 14.5 Å². The van der Waals surface area contributed by atoms with Crippen LogP contribution < -0.4 is 5.73 Å². The van der Waals surface area contributed by atoms with Gasteiger partial charge in [-0.25, -0.2) is 9.97 Å². The summed E-state index contributed by atoms with van der Waals surface area (Å²) in [5.41, 5.74) is 8.68. The summed E-state index contributed by atoms with van der Waals surface area (Å²) < 4.78 is 2.05. The van der Waals surface area contributed by atoms with E-state index in [-0.39, 0.29) is 18.6 Å². The minimum Gasteiger partial charge on any atom is -0.382 e. The van der Waals surface area contributed by atoms with E-state index < -0.39 is 0 Å². The van der Waals surface area contributed by atoms with Crippen LogP contribution in [-0.2, 0) is 25.6 Å². The van der Waals surface area contributed by atoms with Gasteiger partial charge in [0.15, 0.2) is 5.82 Å². The van der Waals surface area contributed by atoms with Gasteiger partial charge in [-0.15, -0.1) is 0 Å². The van der Waals surface area contributed by atoms with Crippen LogP contribution in [0.5, 0.6) is 0 Å². The van der Waals surface area contributed by atoms with Gasteiger partial charge in [-0.05, 0) is 13.0 Å². The molecule has 2 N–H and O–H groups in total. The number of benzene rings is 1. The number of anilines is 1. The van der Waals surface area contributed by atoms with Gasteiger partial charge in [0.1, 0.15) is 11.3 Å². The van der Waals surface area contributed by atoms with Crippen molar-refractivity contribution in [2.75, 3.05) is 5.73 Å². The van der Waals surface area contributed by atoms with Gasteiger partial charge in [0.2, 0.25) is 0 Å². The Hall–Kier alpha value is -1.52. The van der Waals surface area contributed by atoms with Crippen molar-refractivity contribution in [2.45, 2.75) is 20.8 Å². The standard InChI is InChI=1S/C12H12N4.C2H6.V/c1-7-14-10-11(16(7)2)8-5-3-4-6-9(8)15-12(10)13;1-2;/h3-6H,1-2H3,(H2,13,15);1-2H3;. The molecule has 0 spiro atoms.